The number of aromatic amines is 1. The van der Waals surface area contributed by atoms with Crippen molar-refractivity contribution in [1.29, 1.82) is 0 Å². The molecule has 0 fully saturated rings. The van der Waals surface area contributed by atoms with Crippen molar-refractivity contribution in [2.24, 2.45) is 0 Å². The van der Waals surface area contributed by atoms with E-state index in [0.29, 0.717) is 27.8 Å². The summed E-state index contributed by atoms with van der Waals surface area (Å²) in [6.45, 7) is 3.57. The van der Waals surface area contributed by atoms with Crippen molar-refractivity contribution in [1.82, 2.24) is 10.2 Å². The van der Waals surface area contributed by atoms with Crippen molar-refractivity contribution >= 4 is 29.0 Å². The van der Waals surface area contributed by atoms with Gasteiger partial charge in [-0.2, -0.15) is 5.10 Å². The van der Waals surface area contributed by atoms with E-state index in [1.54, 1.807) is 32.0 Å². The second-order valence-electron chi connectivity index (χ2n) is 3.98. The minimum Gasteiger partial charge on any atom is -0.394 e. The number of nitrogens with two attached hydrogens (primary N) is 1. The zero-order chi connectivity index (χ0) is 13.3. The molecule has 0 spiro atoms. The smallest absolute Gasteiger partial charge is 0.257 e. The summed E-state index contributed by atoms with van der Waals surface area (Å²) in [5.41, 5.74) is 8.14. The van der Waals surface area contributed by atoms with Crippen LogP contribution in [0.5, 0.6) is 0 Å². The Bertz CT molecular complexity index is 606. The summed E-state index contributed by atoms with van der Waals surface area (Å²) in [4.78, 5) is 12.1. The Morgan fingerprint density at radius 3 is 2.78 bits per heavy atom. The molecule has 94 valence electrons. The monoisotopic (exact) mass is 264 g/mol. The number of amides is 1. The lowest BCUT2D eigenvalue weighted by Gasteiger charge is -2.07. The Morgan fingerprint density at radius 2 is 2.17 bits per heavy atom. The average molecular weight is 265 g/mol. The van der Waals surface area contributed by atoms with Gasteiger partial charge >= 0.3 is 0 Å². The van der Waals surface area contributed by atoms with Gasteiger partial charge in [0, 0.05) is 10.6 Å². The molecule has 1 aromatic heterocycles. The zero-order valence-electron chi connectivity index (χ0n) is 10.0. The molecular formula is C12H13ClN4O. The number of hydrogen-bond acceptors (Lipinski definition) is 3. The summed E-state index contributed by atoms with van der Waals surface area (Å²) >= 11 is 5.97. The molecule has 1 aromatic carbocycles. The Balaban J connectivity index is 2.28. The molecule has 0 aliphatic heterocycles. The van der Waals surface area contributed by atoms with E-state index in [1.807, 2.05) is 0 Å². The molecule has 6 heteroatoms. The number of nitrogens with one attached hydrogen (secondary N) is 2. The third-order valence-corrected chi connectivity index (χ3v) is 3.15. The molecule has 2 rings (SSSR count). The maximum atomic E-state index is 12.1. The van der Waals surface area contributed by atoms with E-state index in [9.17, 15) is 4.79 Å². The number of nitrogen functional groups attached to an aromatic ring is 1. The minimum atomic E-state index is -0.284. The Labute approximate surface area is 109 Å². The fourth-order valence-corrected chi connectivity index (χ4v) is 1.74. The van der Waals surface area contributed by atoms with Crippen molar-refractivity contribution in [3.8, 4) is 0 Å². The van der Waals surface area contributed by atoms with Crippen LogP contribution in [0.15, 0.2) is 18.2 Å². The summed E-state index contributed by atoms with van der Waals surface area (Å²) in [7, 11) is 0. The van der Waals surface area contributed by atoms with Crippen LogP contribution in [0, 0.1) is 13.8 Å². The van der Waals surface area contributed by atoms with Gasteiger partial charge in [0.05, 0.1) is 11.4 Å². The van der Waals surface area contributed by atoms with E-state index in [4.69, 9.17) is 17.3 Å². The zero-order valence-corrected chi connectivity index (χ0v) is 10.8. The van der Waals surface area contributed by atoms with E-state index < -0.39 is 0 Å². The van der Waals surface area contributed by atoms with E-state index in [2.05, 4.69) is 15.5 Å². The first-order valence-electron chi connectivity index (χ1n) is 5.37. The fourth-order valence-electron chi connectivity index (χ4n) is 1.56. The molecule has 2 aromatic rings. The summed E-state index contributed by atoms with van der Waals surface area (Å²) < 4.78 is 0. The predicted octanol–water partition coefficient (Wildman–Crippen LogP) is 2.51. The molecule has 0 radical (unpaired) electrons. The second-order valence-corrected chi connectivity index (χ2v) is 4.38. The van der Waals surface area contributed by atoms with Crippen molar-refractivity contribution in [2.45, 2.75) is 13.8 Å². The van der Waals surface area contributed by atoms with Crippen LogP contribution < -0.4 is 11.1 Å². The molecule has 18 heavy (non-hydrogen) atoms. The number of nitrogens with zero attached hydrogens (tertiary/aromatic N) is 1. The van der Waals surface area contributed by atoms with Gasteiger partial charge in [0.15, 0.2) is 5.82 Å². The maximum Gasteiger partial charge on any atom is 0.257 e. The first-order chi connectivity index (χ1) is 8.50. The number of aromatic nitrogens is 2. The fraction of sp³-hybridized carbons (Fsp3) is 0.167. The predicted molar refractivity (Wildman–Crippen MR) is 71.9 cm³/mol. The van der Waals surface area contributed by atoms with Crippen LogP contribution in [-0.4, -0.2) is 16.1 Å². The molecule has 5 nitrogen and oxygen atoms in total. The highest BCUT2D eigenvalue weighted by Crippen LogP contribution is 2.22. The van der Waals surface area contributed by atoms with Gasteiger partial charge in [-0.3, -0.25) is 9.89 Å². The molecular weight excluding hydrogens is 252 g/mol. The summed E-state index contributed by atoms with van der Waals surface area (Å²) in [6.07, 6.45) is 0. The first kappa shape index (κ1) is 12.4. The number of hydrogen-bond donors (Lipinski definition) is 3. The first-order valence-corrected chi connectivity index (χ1v) is 5.75. The van der Waals surface area contributed by atoms with E-state index >= 15 is 0 Å². The minimum absolute atomic E-state index is 0.284. The van der Waals surface area contributed by atoms with Gasteiger partial charge in [-0.05, 0) is 31.5 Å². The van der Waals surface area contributed by atoms with Crippen molar-refractivity contribution in [3.05, 3.63) is 40.0 Å². The normalized spacial score (nSPS) is 10.4. The van der Waals surface area contributed by atoms with Crippen LogP contribution in [0.25, 0.3) is 0 Å². The highest BCUT2D eigenvalue weighted by molar-refractivity contribution is 6.32. The Kier molecular flexibility index (Phi) is 3.25. The third-order valence-electron chi connectivity index (χ3n) is 2.74. The largest absolute Gasteiger partial charge is 0.394 e. The average Bonchev–Trinajstić information content (AvgIpc) is 2.64. The molecule has 4 N–H and O–H groups in total. The topological polar surface area (TPSA) is 83.8 Å². The number of H-pyrrole nitrogens is 1. The molecule has 1 heterocycles. The molecule has 0 unspecified atom stereocenters. The summed E-state index contributed by atoms with van der Waals surface area (Å²) in [5, 5.41) is 9.82. The van der Waals surface area contributed by atoms with Gasteiger partial charge in [-0.25, -0.2) is 0 Å². The van der Waals surface area contributed by atoms with Crippen LogP contribution in [0.2, 0.25) is 5.02 Å². The molecule has 0 atom stereocenters. The van der Waals surface area contributed by atoms with Gasteiger partial charge in [-0.1, -0.05) is 17.7 Å². The van der Waals surface area contributed by atoms with Gasteiger partial charge in [0.25, 0.3) is 5.91 Å². The summed E-state index contributed by atoms with van der Waals surface area (Å²) in [5.74, 6) is 0.0464. The van der Waals surface area contributed by atoms with Gasteiger partial charge < -0.3 is 11.1 Å². The number of rotatable bonds is 2. The quantitative estimate of drug-likeness (QED) is 0.779. The van der Waals surface area contributed by atoms with Gasteiger partial charge in [0.2, 0.25) is 0 Å². The highest BCUT2D eigenvalue weighted by atomic mass is 35.5. The van der Waals surface area contributed by atoms with Crippen molar-refractivity contribution < 1.29 is 4.79 Å². The third kappa shape index (κ3) is 2.17. The molecule has 0 saturated carbocycles. The van der Waals surface area contributed by atoms with Crippen molar-refractivity contribution in [3.63, 3.8) is 0 Å². The highest BCUT2D eigenvalue weighted by Gasteiger charge is 2.14. The van der Waals surface area contributed by atoms with Crippen LogP contribution >= 0.6 is 11.6 Å². The number of halogens is 1. The van der Waals surface area contributed by atoms with Crippen molar-refractivity contribution in [2.75, 3.05) is 11.1 Å². The van der Waals surface area contributed by atoms with Gasteiger partial charge in [-0.15, -0.1) is 0 Å². The lowest BCUT2D eigenvalue weighted by molar-refractivity contribution is 0.102. The Morgan fingerprint density at radius 1 is 1.44 bits per heavy atom. The van der Waals surface area contributed by atoms with Gasteiger partial charge in [0.1, 0.15) is 0 Å². The summed E-state index contributed by atoms with van der Waals surface area (Å²) in [6, 6.07) is 5.16. The second kappa shape index (κ2) is 4.70. The SMILES string of the molecule is Cc1[nH]nc(NC(=O)c2cccc(Cl)c2C)c1N. The standard InChI is InChI=1S/C12H13ClN4O/c1-6-8(4-3-5-9(6)13)12(18)15-11-10(14)7(2)16-17-11/h3-5H,14H2,1-2H3,(H2,15,16,17,18). The van der Waals surface area contributed by atoms with Crippen LogP contribution in [0.4, 0.5) is 11.5 Å². The molecule has 1 amide bonds. The lowest BCUT2D eigenvalue weighted by Crippen LogP contribution is -2.14. The number of carbonyl (C=O) groups is 1. The Hall–Kier alpha value is -2.01. The van der Waals surface area contributed by atoms with E-state index in [-0.39, 0.29) is 5.91 Å². The molecule has 0 aliphatic carbocycles. The number of benzene rings is 1. The van der Waals surface area contributed by atoms with Crippen LogP contribution in [0.3, 0.4) is 0 Å². The number of carbonyl (C=O) groups excluding carboxylic acids is 1. The van der Waals surface area contributed by atoms with Crippen LogP contribution in [0.1, 0.15) is 21.6 Å². The maximum absolute atomic E-state index is 12.1. The molecule has 0 aliphatic rings. The van der Waals surface area contributed by atoms with E-state index in [1.165, 1.54) is 0 Å². The molecule has 0 saturated heterocycles. The lowest BCUT2D eigenvalue weighted by atomic mass is 10.1. The number of aryl methyl sites for hydroxylation is 1. The molecule has 0 bridgehead atoms. The van der Waals surface area contributed by atoms with E-state index in [0.717, 1.165) is 5.56 Å². The van der Waals surface area contributed by atoms with Crippen LogP contribution in [-0.2, 0) is 0 Å². The number of anilines is 2.